The van der Waals surface area contributed by atoms with E-state index < -0.39 is 21.0 Å². The minimum Gasteiger partial charge on any atom is -0.310 e. The number of hydrogen-bond donors (Lipinski definition) is 1. The Labute approximate surface area is 107 Å². The van der Waals surface area contributed by atoms with Crippen molar-refractivity contribution < 1.29 is 13.2 Å². The molecule has 0 spiro atoms. The standard InChI is InChI=1S/C12H16N2O3S/c1-4-7-18(16,17)10(3)12(15)14-11-6-5-9(2)8-13-11/h4-6,8,10H,1,7H2,2-3H3,(H,13,14,15). The number of sulfone groups is 1. The molecule has 0 aliphatic carbocycles. The van der Waals surface area contributed by atoms with Crippen LogP contribution in [0.4, 0.5) is 5.82 Å². The van der Waals surface area contributed by atoms with Crippen LogP contribution in [0.2, 0.25) is 0 Å². The lowest BCUT2D eigenvalue weighted by Crippen LogP contribution is -2.33. The van der Waals surface area contributed by atoms with E-state index in [0.717, 1.165) is 5.56 Å². The first-order chi connectivity index (χ1) is 8.36. The van der Waals surface area contributed by atoms with Crippen LogP contribution in [0.3, 0.4) is 0 Å². The van der Waals surface area contributed by atoms with Crippen LogP contribution in [0, 0.1) is 6.92 Å². The van der Waals surface area contributed by atoms with Gasteiger partial charge in [0.2, 0.25) is 5.91 Å². The third kappa shape index (κ3) is 3.66. The molecule has 1 atom stereocenters. The highest BCUT2D eigenvalue weighted by Crippen LogP contribution is 2.08. The maximum atomic E-state index is 11.8. The van der Waals surface area contributed by atoms with Crippen molar-refractivity contribution in [2.24, 2.45) is 0 Å². The molecule has 6 heteroatoms. The van der Waals surface area contributed by atoms with Crippen molar-refractivity contribution in [3.63, 3.8) is 0 Å². The lowest BCUT2D eigenvalue weighted by Gasteiger charge is -2.11. The monoisotopic (exact) mass is 268 g/mol. The summed E-state index contributed by atoms with van der Waals surface area (Å²) in [4.78, 5) is 15.7. The van der Waals surface area contributed by atoms with Crippen LogP contribution in [0.15, 0.2) is 31.0 Å². The van der Waals surface area contributed by atoms with Crippen molar-refractivity contribution in [3.8, 4) is 0 Å². The fourth-order valence-electron chi connectivity index (χ4n) is 1.24. The summed E-state index contributed by atoms with van der Waals surface area (Å²) in [6.07, 6.45) is 2.86. The number of carbonyl (C=O) groups is 1. The number of aromatic nitrogens is 1. The second-order valence-corrected chi connectivity index (χ2v) is 6.34. The molecule has 1 unspecified atom stereocenters. The first-order valence-electron chi connectivity index (χ1n) is 5.43. The molecular formula is C12H16N2O3S. The lowest BCUT2D eigenvalue weighted by molar-refractivity contribution is -0.115. The zero-order valence-electron chi connectivity index (χ0n) is 10.4. The Morgan fingerprint density at radius 1 is 1.56 bits per heavy atom. The molecule has 1 aromatic rings. The number of nitrogens with one attached hydrogen (secondary N) is 1. The number of nitrogens with zero attached hydrogens (tertiary/aromatic N) is 1. The second-order valence-electron chi connectivity index (χ2n) is 3.97. The fourth-order valence-corrected chi connectivity index (χ4v) is 2.24. The van der Waals surface area contributed by atoms with Crippen LogP contribution in [0.25, 0.3) is 0 Å². The Kier molecular flexibility index (Phi) is 4.61. The zero-order chi connectivity index (χ0) is 13.8. The minimum atomic E-state index is -3.50. The molecule has 0 saturated carbocycles. The topological polar surface area (TPSA) is 76.1 Å². The molecule has 1 heterocycles. The molecule has 0 fully saturated rings. The van der Waals surface area contributed by atoms with E-state index in [1.807, 2.05) is 6.92 Å². The van der Waals surface area contributed by atoms with E-state index in [2.05, 4.69) is 16.9 Å². The van der Waals surface area contributed by atoms with Gasteiger partial charge in [-0.05, 0) is 25.5 Å². The van der Waals surface area contributed by atoms with Gasteiger partial charge in [-0.1, -0.05) is 12.1 Å². The van der Waals surface area contributed by atoms with Crippen molar-refractivity contribution in [2.75, 3.05) is 11.1 Å². The molecule has 18 heavy (non-hydrogen) atoms. The number of aryl methyl sites for hydroxylation is 1. The minimum absolute atomic E-state index is 0.219. The Morgan fingerprint density at radius 2 is 2.22 bits per heavy atom. The van der Waals surface area contributed by atoms with Gasteiger partial charge in [0.15, 0.2) is 9.84 Å². The smallest absolute Gasteiger partial charge is 0.243 e. The van der Waals surface area contributed by atoms with Crippen molar-refractivity contribution >= 4 is 21.6 Å². The average molecular weight is 268 g/mol. The number of rotatable bonds is 5. The maximum absolute atomic E-state index is 11.8. The number of amides is 1. The maximum Gasteiger partial charge on any atom is 0.243 e. The largest absolute Gasteiger partial charge is 0.310 e. The summed E-state index contributed by atoms with van der Waals surface area (Å²) in [6.45, 7) is 6.58. The van der Waals surface area contributed by atoms with E-state index in [1.54, 1.807) is 18.3 Å². The predicted molar refractivity (Wildman–Crippen MR) is 71.0 cm³/mol. The van der Waals surface area contributed by atoms with E-state index in [0.29, 0.717) is 5.82 Å². The third-order valence-electron chi connectivity index (χ3n) is 2.42. The van der Waals surface area contributed by atoms with Gasteiger partial charge in [-0.25, -0.2) is 13.4 Å². The Balaban J connectivity index is 2.77. The molecule has 5 nitrogen and oxygen atoms in total. The van der Waals surface area contributed by atoms with E-state index in [1.165, 1.54) is 13.0 Å². The third-order valence-corrected chi connectivity index (χ3v) is 4.41. The Morgan fingerprint density at radius 3 is 2.72 bits per heavy atom. The van der Waals surface area contributed by atoms with Gasteiger partial charge >= 0.3 is 0 Å². The molecular weight excluding hydrogens is 252 g/mol. The van der Waals surface area contributed by atoms with Crippen LogP contribution in [-0.4, -0.2) is 30.3 Å². The van der Waals surface area contributed by atoms with E-state index in [4.69, 9.17) is 0 Å². The van der Waals surface area contributed by atoms with Crippen LogP contribution in [0.1, 0.15) is 12.5 Å². The first kappa shape index (κ1) is 14.4. The summed E-state index contributed by atoms with van der Waals surface area (Å²) in [7, 11) is -3.50. The first-order valence-corrected chi connectivity index (χ1v) is 7.14. The Bertz CT molecular complexity index is 535. The summed E-state index contributed by atoms with van der Waals surface area (Å²) in [6, 6.07) is 3.41. The highest BCUT2D eigenvalue weighted by Gasteiger charge is 2.26. The van der Waals surface area contributed by atoms with Crippen molar-refractivity contribution in [3.05, 3.63) is 36.5 Å². The predicted octanol–water partition coefficient (Wildman–Crippen LogP) is 1.32. The summed E-state index contributed by atoms with van der Waals surface area (Å²) in [5, 5.41) is 1.34. The molecule has 0 aromatic carbocycles. The summed E-state index contributed by atoms with van der Waals surface area (Å²) in [5.74, 6) is -0.470. The Hall–Kier alpha value is -1.69. The molecule has 0 saturated heterocycles. The molecule has 1 N–H and O–H groups in total. The number of anilines is 1. The van der Waals surface area contributed by atoms with Gasteiger partial charge in [-0.3, -0.25) is 4.79 Å². The van der Waals surface area contributed by atoms with Gasteiger partial charge in [0.05, 0.1) is 5.75 Å². The van der Waals surface area contributed by atoms with Crippen LogP contribution < -0.4 is 5.32 Å². The highest BCUT2D eigenvalue weighted by atomic mass is 32.2. The van der Waals surface area contributed by atoms with Gasteiger partial charge in [0.1, 0.15) is 11.1 Å². The number of pyridine rings is 1. The molecule has 1 aromatic heterocycles. The average Bonchev–Trinajstić information content (AvgIpc) is 2.31. The molecule has 0 radical (unpaired) electrons. The summed E-state index contributed by atoms with van der Waals surface area (Å²) in [5.41, 5.74) is 0.959. The van der Waals surface area contributed by atoms with Crippen LogP contribution in [-0.2, 0) is 14.6 Å². The molecule has 98 valence electrons. The molecule has 0 bridgehead atoms. The van der Waals surface area contributed by atoms with Crippen LogP contribution in [0.5, 0.6) is 0 Å². The SMILES string of the molecule is C=CCS(=O)(=O)C(C)C(=O)Nc1ccc(C)cn1. The lowest BCUT2D eigenvalue weighted by atomic mass is 10.3. The highest BCUT2D eigenvalue weighted by molar-refractivity contribution is 7.92. The molecule has 0 aliphatic rings. The fraction of sp³-hybridized carbons (Fsp3) is 0.333. The van der Waals surface area contributed by atoms with E-state index >= 15 is 0 Å². The molecule has 1 rings (SSSR count). The number of carbonyl (C=O) groups excluding carboxylic acids is 1. The van der Waals surface area contributed by atoms with Crippen molar-refractivity contribution in [1.29, 1.82) is 0 Å². The van der Waals surface area contributed by atoms with Gasteiger partial charge in [-0.2, -0.15) is 0 Å². The summed E-state index contributed by atoms with van der Waals surface area (Å²) >= 11 is 0. The van der Waals surface area contributed by atoms with Crippen molar-refractivity contribution in [2.45, 2.75) is 19.1 Å². The van der Waals surface area contributed by atoms with E-state index in [9.17, 15) is 13.2 Å². The number of hydrogen-bond acceptors (Lipinski definition) is 4. The summed E-state index contributed by atoms with van der Waals surface area (Å²) < 4.78 is 23.3. The normalized spacial score (nSPS) is 12.8. The van der Waals surface area contributed by atoms with Gasteiger partial charge < -0.3 is 5.32 Å². The quantitative estimate of drug-likeness (QED) is 0.817. The molecule has 1 amide bonds. The van der Waals surface area contributed by atoms with Gasteiger partial charge in [0, 0.05) is 6.20 Å². The zero-order valence-corrected chi connectivity index (χ0v) is 11.2. The van der Waals surface area contributed by atoms with E-state index in [-0.39, 0.29) is 5.75 Å². The van der Waals surface area contributed by atoms with Gasteiger partial charge in [-0.15, -0.1) is 6.58 Å². The van der Waals surface area contributed by atoms with Crippen LogP contribution >= 0.6 is 0 Å². The second kappa shape index (κ2) is 5.77. The van der Waals surface area contributed by atoms with Crippen molar-refractivity contribution in [1.82, 2.24) is 4.98 Å². The molecule has 0 aliphatic heterocycles. The van der Waals surface area contributed by atoms with Gasteiger partial charge in [0.25, 0.3) is 0 Å².